The van der Waals surface area contributed by atoms with Crippen LogP contribution in [0.25, 0.3) is 0 Å². The Morgan fingerprint density at radius 2 is 1.53 bits per heavy atom. The normalized spacial score (nSPS) is 10.1. The van der Waals surface area contributed by atoms with Crippen LogP contribution in [0.3, 0.4) is 0 Å². The Morgan fingerprint density at radius 3 is 2.16 bits per heavy atom. The van der Waals surface area contributed by atoms with E-state index in [-0.39, 0.29) is 0 Å². The quantitative estimate of drug-likeness (QED) is 0.867. The Hall–Kier alpha value is -2.07. The van der Waals surface area contributed by atoms with E-state index in [0.717, 1.165) is 0 Å². The Bertz CT molecular complexity index is 587. The van der Waals surface area contributed by atoms with Crippen molar-refractivity contribution >= 4 is 17.3 Å². The molecule has 0 saturated heterocycles. The van der Waals surface area contributed by atoms with Crippen molar-refractivity contribution in [2.75, 3.05) is 20.0 Å². The summed E-state index contributed by atoms with van der Waals surface area (Å²) >= 11 is 6.04. The summed E-state index contributed by atoms with van der Waals surface area (Å²) in [5, 5.41) is 0.511. The number of hydrogen-bond acceptors (Lipinski definition) is 4. The number of rotatable bonds is 4. The van der Waals surface area contributed by atoms with Gasteiger partial charge in [-0.15, -0.1) is 0 Å². The second-order valence-electron chi connectivity index (χ2n) is 3.78. The van der Waals surface area contributed by atoms with E-state index in [9.17, 15) is 0 Å². The molecule has 0 radical (unpaired) electrons. The molecule has 100 valence electrons. The van der Waals surface area contributed by atoms with Gasteiger partial charge in [0.15, 0.2) is 17.2 Å². The number of benzene rings is 2. The standard InChI is InChI=1S/C14H14ClNO3/c1-17-13-7-10(16)12(8-14(13)18-2)19-11-6-4-3-5-9(11)15/h3-8H,16H2,1-2H3. The zero-order valence-electron chi connectivity index (χ0n) is 10.6. The maximum Gasteiger partial charge on any atom is 0.164 e. The van der Waals surface area contributed by atoms with Crippen molar-refractivity contribution in [2.45, 2.75) is 0 Å². The molecule has 2 rings (SSSR count). The first-order chi connectivity index (χ1) is 9.15. The summed E-state index contributed by atoms with van der Waals surface area (Å²) in [7, 11) is 3.10. The molecule has 2 aromatic carbocycles. The van der Waals surface area contributed by atoms with E-state index in [1.807, 2.05) is 12.1 Å². The fourth-order valence-electron chi connectivity index (χ4n) is 1.61. The molecule has 0 aliphatic carbocycles. The maximum atomic E-state index is 6.04. The third-order valence-corrected chi connectivity index (χ3v) is 2.88. The van der Waals surface area contributed by atoms with Crippen molar-refractivity contribution in [3.63, 3.8) is 0 Å². The zero-order chi connectivity index (χ0) is 13.8. The van der Waals surface area contributed by atoms with Crippen LogP contribution in [0.4, 0.5) is 5.69 Å². The van der Waals surface area contributed by atoms with Gasteiger partial charge in [-0.2, -0.15) is 0 Å². The van der Waals surface area contributed by atoms with Gasteiger partial charge in [-0.25, -0.2) is 0 Å². The lowest BCUT2D eigenvalue weighted by atomic mass is 10.2. The van der Waals surface area contributed by atoms with Gasteiger partial charge in [-0.3, -0.25) is 0 Å². The molecule has 0 aliphatic heterocycles. The molecule has 0 heterocycles. The third-order valence-electron chi connectivity index (χ3n) is 2.57. The van der Waals surface area contributed by atoms with Crippen LogP contribution in [0.15, 0.2) is 36.4 Å². The predicted octanol–water partition coefficient (Wildman–Crippen LogP) is 3.73. The summed E-state index contributed by atoms with van der Waals surface area (Å²) in [4.78, 5) is 0. The predicted molar refractivity (Wildman–Crippen MR) is 75.5 cm³/mol. The summed E-state index contributed by atoms with van der Waals surface area (Å²) in [5.74, 6) is 2.08. The lowest BCUT2D eigenvalue weighted by Gasteiger charge is -2.13. The summed E-state index contributed by atoms with van der Waals surface area (Å²) in [5.41, 5.74) is 6.36. The van der Waals surface area contributed by atoms with Gasteiger partial charge in [-0.05, 0) is 12.1 Å². The number of anilines is 1. The van der Waals surface area contributed by atoms with Crippen LogP contribution in [-0.2, 0) is 0 Å². The number of methoxy groups -OCH3 is 2. The van der Waals surface area contributed by atoms with Crippen molar-refractivity contribution < 1.29 is 14.2 Å². The first-order valence-corrected chi connectivity index (χ1v) is 5.97. The first-order valence-electron chi connectivity index (χ1n) is 5.59. The highest BCUT2D eigenvalue weighted by Crippen LogP contribution is 2.39. The molecule has 0 amide bonds. The van der Waals surface area contributed by atoms with Gasteiger partial charge in [-0.1, -0.05) is 23.7 Å². The molecule has 5 heteroatoms. The van der Waals surface area contributed by atoms with Crippen LogP contribution in [0.2, 0.25) is 5.02 Å². The van der Waals surface area contributed by atoms with E-state index < -0.39 is 0 Å². The van der Waals surface area contributed by atoms with Crippen molar-refractivity contribution in [2.24, 2.45) is 0 Å². The summed E-state index contributed by atoms with van der Waals surface area (Å²) in [6.45, 7) is 0. The minimum atomic E-state index is 0.442. The Morgan fingerprint density at radius 1 is 0.895 bits per heavy atom. The minimum absolute atomic E-state index is 0.442. The van der Waals surface area contributed by atoms with Crippen LogP contribution in [0, 0.1) is 0 Å². The topological polar surface area (TPSA) is 53.7 Å². The number of ether oxygens (including phenoxy) is 3. The molecule has 19 heavy (non-hydrogen) atoms. The van der Waals surface area contributed by atoms with Crippen molar-refractivity contribution in [3.05, 3.63) is 41.4 Å². The number of nitrogen functional groups attached to an aromatic ring is 1. The smallest absolute Gasteiger partial charge is 0.164 e. The number of halogens is 1. The third kappa shape index (κ3) is 2.85. The van der Waals surface area contributed by atoms with Crippen molar-refractivity contribution in [3.8, 4) is 23.0 Å². The van der Waals surface area contributed by atoms with Gasteiger partial charge < -0.3 is 19.9 Å². The van der Waals surface area contributed by atoms with Gasteiger partial charge in [0.1, 0.15) is 5.75 Å². The molecule has 0 aromatic heterocycles. The van der Waals surface area contributed by atoms with Gasteiger partial charge in [0.05, 0.1) is 24.9 Å². The molecule has 0 bridgehead atoms. The lowest BCUT2D eigenvalue weighted by Crippen LogP contribution is -1.97. The average molecular weight is 280 g/mol. The molecule has 0 aliphatic rings. The highest BCUT2D eigenvalue weighted by molar-refractivity contribution is 6.32. The Balaban J connectivity index is 2.38. The molecule has 0 fully saturated rings. The van der Waals surface area contributed by atoms with Crippen molar-refractivity contribution in [1.82, 2.24) is 0 Å². The van der Waals surface area contributed by atoms with Crippen LogP contribution < -0.4 is 19.9 Å². The molecule has 0 spiro atoms. The second-order valence-corrected chi connectivity index (χ2v) is 4.18. The highest BCUT2D eigenvalue weighted by Gasteiger charge is 2.12. The van der Waals surface area contributed by atoms with Crippen LogP contribution in [0.5, 0.6) is 23.0 Å². The molecule has 2 N–H and O–H groups in total. The Labute approximate surface area is 116 Å². The molecule has 0 saturated carbocycles. The fraction of sp³-hybridized carbons (Fsp3) is 0.143. The van der Waals surface area contributed by atoms with Gasteiger partial charge >= 0.3 is 0 Å². The highest BCUT2D eigenvalue weighted by atomic mass is 35.5. The number of hydrogen-bond donors (Lipinski definition) is 1. The molecule has 0 atom stereocenters. The molecule has 4 nitrogen and oxygen atoms in total. The maximum absolute atomic E-state index is 6.04. The number of nitrogens with two attached hydrogens (primary N) is 1. The minimum Gasteiger partial charge on any atom is -0.493 e. The monoisotopic (exact) mass is 279 g/mol. The lowest BCUT2D eigenvalue weighted by molar-refractivity contribution is 0.352. The van der Waals surface area contributed by atoms with Crippen LogP contribution in [0.1, 0.15) is 0 Å². The Kier molecular flexibility index (Phi) is 4.02. The molecule has 2 aromatic rings. The molecular formula is C14H14ClNO3. The van der Waals surface area contributed by atoms with Crippen LogP contribution in [-0.4, -0.2) is 14.2 Å². The SMILES string of the molecule is COc1cc(N)c(Oc2ccccc2Cl)cc1OC. The summed E-state index contributed by atoms with van der Waals surface area (Å²) < 4.78 is 16.1. The van der Waals surface area contributed by atoms with Crippen LogP contribution >= 0.6 is 11.6 Å². The van der Waals surface area contributed by atoms with E-state index in [0.29, 0.717) is 33.7 Å². The zero-order valence-corrected chi connectivity index (χ0v) is 11.4. The van der Waals surface area contributed by atoms with E-state index in [1.54, 1.807) is 38.5 Å². The van der Waals surface area contributed by atoms with Crippen molar-refractivity contribution in [1.29, 1.82) is 0 Å². The van der Waals surface area contributed by atoms with E-state index >= 15 is 0 Å². The molecular weight excluding hydrogens is 266 g/mol. The van der Waals surface area contributed by atoms with Gasteiger partial charge in [0.25, 0.3) is 0 Å². The second kappa shape index (κ2) is 5.71. The first kappa shape index (κ1) is 13.4. The number of para-hydroxylation sites is 1. The van der Waals surface area contributed by atoms with Gasteiger partial charge in [0, 0.05) is 12.1 Å². The largest absolute Gasteiger partial charge is 0.493 e. The summed E-state index contributed by atoms with van der Waals surface area (Å²) in [6.07, 6.45) is 0. The fourth-order valence-corrected chi connectivity index (χ4v) is 1.78. The van der Waals surface area contributed by atoms with E-state index in [1.165, 1.54) is 0 Å². The van der Waals surface area contributed by atoms with E-state index in [4.69, 9.17) is 31.5 Å². The van der Waals surface area contributed by atoms with Gasteiger partial charge in [0.2, 0.25) is 0 Å². The average Bonchev–Trinajstić information content (AvgIpc) is 2.42. The molecule has 0 unspecified atom stereocenters. The van der Waals surface area contributed by atoms with E-state index in [2.05, 4.69) is 0 Å². The summed E-state index contributed by atoms with van der Waals surface area (Å²) in [6, 6.07) is 10.5.